The molecule has 4 aromatic rings. The number of aromatic nitrogens is 4. The molecule has 0 unspecified atom stereocenters. The van der Waals surface area contributed by atoms with Crippen LogP contribution in [0.25, 0.3) is 33.5 Å². The van der Waals surface area contributed by atoms with E-state index >= 15 is 0 Å². The van der Waals surface area contributed by atoms with Gasteiger partial charge in [-0.2, -0.15) is 0 Å². The lowest BCUT2D eigenvalue weighted by molar-refractivity contribution is -0.114. The van der Waals surface area contributed by atoms with Crippen molar-refractivity contribution in [2.24, 2.45) is 0 Å². The zero-order chi connectivity index (χ0) is 24.3. The molecular formula is C25H28ClN5O2Si. The Morgan fingerprint density at radius 2 is 1.94 bits per heavy atom. The van der Waals surface area contributed by atoms with Crippen molar-refractivity contribution in [3.63, 3.8) is 0 Å². The molecule has 0 aliphatic heterocycles. The molecule has 34 heavy (non-hydrogen) atoms. The SMILES string of the molecule is CC(=O)Nc1cc(-c2c(-c3ccccn3)c3nc(Cl)ccc3n2COCC[Si](C)(C)C)ccn1. The number of carbonyl (C=O) groups excluding carboxylic acids is 1. The van der Waals surface area contributed by atoms with Gasteiger partial charge in [0, 0.05) is 39.6 Å². The highest BCUT2D eigenvalue weighted by molar-refractivity contribution is 6.76. The fourth-order valence-corrected chi connectivity index (χ4v) is 4.65. The van der Waals surface area contributed by atoms with Crippen LogP contribution in [-0.4, -0.2) is 40.1 Å². The van der Waals surface area contributed by atoms with Gasteiger partial charge >= 0.3 is 0 Å². The van der Waals surface area contributed by atoms with Gasteiger partial charge in [0.15, 0.2) is 0 Å². The average Bonchev–Trinajstić information content (AvgIpc) is 3.09. The van der Waals surface area contributed by atoms with Gasteiger partial charge in [0.25, 0.3) is 0 Å². The monoisotopic (exact) mass is 493 g/mol. The zero-order valence-electron chi connectivity index (χ0n) is 19.8. The van der Waals surface area contributed by atoms with Crippen molar-refractivity contribution in [1.29, 1.82) is 0 Å². The highest BCUT2D eigenvalue weighted by Gasteiger charge is 2.23. The number of pyridine rings is 3. The second-order valence-corrected chi connectivity index (χ2v) is 15.3. The summed E-state index contributed by atoms with van der Waals surface area (Å²) in [6.07, 6.45) is 3.43. The maximum atomic E-state index is 11.6. The number of amides is 1. The standard InChI is InChI=1S/C25H28ClN5O2Si/c1-17(32)29-22-15-18(10-12-28-22)25-23(19-7-5-6-11-27-19)24-20(8-9-21(26)30-24)31(25)16-33-13-14-34(2,3)4/h5-12,15H,13-14,16H2,1-4H3,(H,28,29,32). The predicted octanol–water partition coefficient (Wildman–Crippen LogP) is 6.08. The lowest BCUT2D eigenvalue weighted by atomic mass is 10.0. The van der Waals surface area contributed by atoms with Gasteiger partial charge in [0.2, 0.25) is 5.91 Å². The second kappa shape index (κ2) is 10.0. The van der Waals surface area contributed by atoms with Crippen molar-refractivity contribution in [2.45, 2.75) is 39.3 Å². The van der Waals surface area contributed by atoms with E-state index in [1.807, 2.05) is 36.4 Å². The molecule has 0 aliphatic carbocycles. The highest BCUT2D eigenvalue weighted by Crippen LogP contribution is 2.40. The summed E-state index contributed by atoms with van der Waals surface area (Å²) in [7, 11) is -1.23. The molecule has 0 atom stereocenters. The number of halogens is 1. The number of fused-ring (bicyclic) bond motifs is 1. The first kappa shape index (κ1) is 24.1. The number of hydrogen-bond donors (Lipinski definition) is 1. The molecule has 0 saturated heterocycles. The smallest absolute Gasteiger partial charge is 0.222 e. The number of anilines is 1. The molecule has 0 aromatic carbocycles. The lowest BCUT2D eigenvalue weighted by Crippen LogP contribution is -2.22. The van der Waals surface area contributed by atoms with Crippen molar-refractivity contribution in [2.75, 3.05) is 11.9 Å². The summed E-state index contributed by atoms with van der Waals surface area (Å²) in [5.41, 5.74) is 5.01. The summed E-state index contributed by atoms with van der Waals surface area (Å²) in [4.78, 5) is 25.2. The van der Waals surface area contributed by atoms with Crippen LogP contribution in [0.4, 0.5) is 5.82 Å². The van der Waals surface area contributed by atoms with Crippen LogP contribution in [0.15, 0.2) is 54.9 Å². The van der Waals surface area contributed by atoms with Gasteiger partial charge in [0.05, 0.1) is 22.5 Å². The Balaban J connectivity index is 1.91. The average molecular weight is 494 g/mol. The van der Waals surface area contributed by atoms with Crippen LogP contribution in [0.3, 0.4) is 0 Å². The van der Waals surface area contributed by atoms with E-state index in [1.165, 1.54) is 6.92 Å². The van der Waals surface area contributed by atoms with Gasteiger partial charge in [-0.3, -0.25) is 9.78 Å². The van der Waals surface area contributed by atoms with Crippen LogP contribution in [0.2, 0.25) is 30.8 Å². The molecule has 0 spiro atoms. The first-order chi connectivity index (χ1) is 16.2. The Kier molecular flexibility index (Phi) is 7.11. The fraction of sp³-hybridized carbons (Fsp3) is 0.280. The van der Waals surface area contributed by atoms with Crippen LogP contribution in [0.1, 0.15) is 6.92 Å². The molecule has 9 heteroatoms. The zero-order valence-corrected chi connectivity index (χ0v) is 21.6. The highest BCUT2D eigenvalue weighted by atomic mass is 35.5. The van der Waals surface area contributed by atoms with Gasteiger partial charge in [0.1, 0.15) is 23.2 Å². The molecule has 0 fully saturated rings. The summed E-state index contributed by atoms with van der Waals surface area (Å²) in [6.45, 7) is 9.49. The Bertz CT molecular complexity index is 1320. The lowest BCUT2D eigenvalue weighted by Gasteiger charge is -2.17. The Hall–Kier alpha value is -3.07. The molecule has 1 N–H and O–H groups in total. The van der Waals surface area contributed by atoms with Gasteiger partial charge in [-0.1, -0.05) is 37.3 Å². The summed E-state index contributed by atoms with van der Waals surface area (Å²) < 4.78 is 8.27. The number of ether oxygens (including phenoxy) is 1. The van der Waals surface area contributed by atoms with Crippen LogP contribution in [0, 0.1) is 0 Å². The minimum atomic E-state index is -1.23. The second-order valence-electron chi connectivity index (χ2n) is 9.33. The topological polar surface area (TPSA) is 81.9 Å². The third kappa shape index (κ3) is 5.52. The van der Waals surface area contributed by atoms with Crippen molar-refractivity contribution in [1.82, 2.24) is 19.5 Å². The van der Waals surface area contributed by atoms with Crippen molar-refractivity contribution >= 4 is 42.4 Å². The number of carbonyl (C=O) groups is 1. The molecule has 0 saturated carbocycles. The van der Waals surface area contributed by atoms with E-state index in [0.29, 0.717) is 24.3 Å². The van der Waals surface area contributed by atoms with Gasteiger partial charge in [-0.05, 0) is 42.4 Å². The number of nitrogens with zero attached hydrogens (tertiary/aromatic N) is 4. The van der Waals surface area contributed by atoms with Crippen LogP contribution in [-0.2, 0) is 16.3 Å². The largest absolute Gasteiger partial charge is 0.361 e. The third-order valence-corrected chi connectivity index (χ3v) is 7.26. The van der Waals surface area contributed by atoms with Crippen LogP contribution >= 0.6 is 11.6 Å². The number of nitrogens with one attached hydrogen (secondary N) is 1. The van der Waals surface area contributed by atoms with E-state index in [1.54, 1.807) is 18.5 Å². The molecule has 4 aromatic heterocycles. The molecular weight excluding hydrogens is 466 g/mol. The summed E-state index contributed by atoms with van der Waals surface area (Å²) in [6, 6.07) is 14.3. The summed E-state index contributed by atoms with van der Waals surface area (Å²) in [5, 5.41) is 3.17. The molecule has 0 radical (unpaired) electrons. The van der Waals surface area contributed by atoms with Crippen LogP contribution < -0.4 is 5.32 Å². The van der Waals surface area contributed by atoms with Crippen LogP contribution in [0.5, 0.6) is 0 Å². The molecule has 7 nitrogen and oxygen atoms in total. The Labute approximate surface area is 205 Å². The first-order valence-electron chi connectivity index (χ1n) is 11.1. The molecule has 0 bridgehead atoms. The quantitative estimate of drug-likeness (QED) is 0.182. The predicted molar refractivity (Wildman–Crippen MR) is 140 cm³/mol. The van der Waals surface area contributed by atoms with E-state index in [0.717, 1.165) is 39.6 Å². The minimum absolute atomic E-state index is 0.182. The van der Waals surface area contributed by atoms with Crippen molar-refractivity contribution in [3.05, 3.63) is 60.0 Å². The molecule has 1 amide bonds. The van der Waals surface area contributed by atoms with Gasteiger partial charge < -0.3 is 14.6 Å². The number of hydrogen-bond acceptors (Lipinski definition) is 5. The summed E-state index contributed by atoms with van der Waals surface area (Å²) >= 11 is 6.32. The fourth-order valence-electron chi connectivity index (χ4n) is 3.75. The molecule has 4 heterocycles. The Morgan fingerprint density at radius 1 is 1.12 bits per heavy atom. The third-order valence-electron chi connectivity index (χ3n) is 5.35. The molecule has 176 valence electrons. The molecule has 4 rings (SSSR count). The van der Waals surface area contributed by atoms with E-state index < -0.39 is 8.07 Å². The first-order valence-corrected chi connectivity index (χ1v) is 15.2. The normalized spacial score (nSPS) is 11.7. The maximum Gasteiger partial charge on any atom is 0.222 e. The van der Waals surface area contributed by atoms with E-state index in [4.69, 9.17) is 16.3 Å². The molecule has 0 aliphatic rings. The minimum Gasteiger partial charge on any atom is -0.361 e. The number of rotatable bonds is 8. The maximum absolute atomic E-state index is 11.6. The van der Waals surface area contributed by atoms with E-state index in [9.17, 15) is 4.79 Å². The van der Waals surface area contributed by atoms with Crippen molar-refractivity contribution in [3.8, 4) is 22.5 Å². The van der Waals surface area contributed by atoms with E-state index in [2.05, 4.69) is 44.5 Å². The van der Waals surface area contributed by atoms with Crippen molar-refractivity contribution < 1.29 is 9.53 Å². The summed E-state index contributed by atoms with van der Waals surface area (Å²) in [5.74, 6) is 0.290. The van der Waals surface area contributed by atoms with Gasteiger partial charge in [-0.25, -0.2) is 9.97 Å². The van der Waals surface area contributed by atoms with E-state index in [-0.39, 0.29) is 5.91 Å². The van der Waals surface area contributed by atoms with Gasteiger partial charge in [-0.15, -0.1) is 0 Å². The Morgan fingerprint density at radius 3 is 2.65 bits per heavy atom.